The van der Waals surface area contributed by atoms with Gasteiger partial charge in [0.1, 0.15) is 5.60 Å². The Labute approximate surface area is 108 Å². The maximum absolute atomic E-state index is 13.6. The lowest BCUT2D eigenvalue weighted by molar-refractivity contribution is -0.291. The summed E-state index contributed by atoms with van der Waals surface area (Å²) in [4.78, 5) is 12.4. The number of nitrogens with zero attached hydrogens (tertiary/aromatic N) is 1. The topological polar surface area (TPSA) is 49.8 Å². The second kappa shape index (κ2) is 4.81. The highest BCUT2D eigenvalue weighted by atomic mass is 19.4. The minimum Gasteiger partial charge on any atom is -0.444 e. The summed E-state index contributed by atoms with van der Waals surface area (Å²) in [6, 6.07) is 0. The van der Waals surface area contributed by atoms with Gasteiger partial charge in [0.25, 0.3) is 0 Å². The lowest BCUT2D eigenvalue weighted by atomic mass is 9.89. The number of alkyl halides is 4. The van der Waals surface area contributed by atoms with Gasteiger partial charge in [-0.2, -0.15) is 13.2 Å². The standard InChI is InChI=1S/C11H17F4NO3/c1-9(2,3)19-8(17)16-5-4-10(18,7(12)6-16)11(13,14)15/h7,18H,4-6H2,1-3H3. The molecule has 1 aliphatic heterocycles. The molecule has 0 spiro atoms. The molecule has 1 saturated heterocycles. The highest BCUT2D eigenvalue weighted by molar-refractivity contribution is 5.68. The molecule has 2 unspecified atom stereocenters. The number of hydrogen-bond donors (Lipinski definition) is 1. The molecule has 0 bridgehead atoms. The fraction of sp³-hybridized carbons (Fsp3) is 0.909. The first-order chi connectivity index (χ1) is 8.37. The van der Waals surface area contributed by atoms with Crippen LogP contribution in [-0.2, 0) is 4.74 Å². The van der Waals surface area contributed by atoms with Crippen molar-refractivity contribution in [3.05, 3.63) is 0 Å². The van der Waals surface area contributed by atoms with Crippen LogP contribution in [0, 0.1) is 0 Å². The van der Waals surface area contributed by atoms with Gasteiger partial charge >= 0.3 is 12.3 Å². The van der Waals surface area contributed by atoms with Crippen molar-refractivity contribution >= 4 is 6.09 Å². The second-order valence-corrected chi connectivity index (χ2v) is 5.57. The number of ether oxygens (including phenoxy) is 1. The summed E-state index contributed by atoms with van der Waals surface area (Å²) in [7, 11) is 0. The first-order valence-corrected chi connectivity index (χ1v) is 5.78. The molecule has 1 heterocycles. The van der Waals surface area contributed by atoms with E-state index in [1.54, 1.807) is 20.8 Å². The van der Waals surface area contributed by atoms with Gasteiger partial charge in [0, 0.05) is 13.0 Å². The van der Waals surface area contributed by atoms with Gasteiger partial charge in [-0.1, -0.05) is 0 Å². The molecule has 2 atom stereocenters. The van der Waals surface area contributed by atoms with E-state index >= 15 is 0 Å². The van der Waals surface area contributed by atoms with E-state index in [4.69, 9.17) is 4.74 Å². The summed E-state index contributed by atoms with van der Waals surface area (Å²) in [6.45, 7) is 3.52. The van der Waals surface area contributed by atoms with Crippen LogP contribution < -0.4 is 0 Å². The average Bonchev–Trinajstić information content (AvgIpc) is 2.17. The lowest BCUT2D eigenvalue weighted by Crippen LogP contribution is -2.62. The van der Waals surface area contributed by atoms with Crippen molar-refractivity contribution in [2.45, 2.75) is 50.7 Å². The minimum atomic E-state index is -5.06. The van der Waals surface area contributed by atoms with E-state index in [1.165, 1.54) is 0 Å². The maximum atomic E-state index is 13.6. The van der Waals surface area contributed by atoms with Gasteiger partial charge in [0.2, 0.25) is 0 Å². The molecular weight excluding hydrogens is 270 g/mol. The summed E-state index contributed by atoms with van der Waals surface area (Å²) in [6.07, 6.45) is -9.45. The molecule has 112 valence electrons. The Morgan fingerprint density at radius 3 is 2.26 bits per heavy atom. The Bertz CT molecular complexity index is 353. The number of amides is 1. The first kappa shape index (κ1) is 16.0. The van der Waals surface area contributed by atoms with Gasteiger partial charge in [-0.25, -0.2) is 9.18 Å². The van der Waals surface area contributed by atoms with E-state index in [-0.39, 0.29) is 0 Å². The Morgan fingerprint density at radius 1 is 1.37 bits per heavy atom. The summed E-state index contributed by atoms with van der Waals surface area (Å²) in [5.41, 5.74) is -4.22. The van der Waals surface area contributed by atoms with Crippen molar-refractivity contribution in [3.8, 4) is 0 Å². The molecule has 1 aliphatic rings. The third-order valence-corrected chi connectivity index (χ3v) is 2.80. The molecule has 4 nitrogen and oxygen atoms in total. The van der Waals surface area contributed by atoms with Crippen molar-refractivity contribution in [2.24, 2.45) is 0 Å². The third kappa shape index (κ3) is 3.49. The van der Waals surface area contributed by atoms with Gasteiger partial charge in [0.15, 0.2) is 11.8 Å². The van der Waals surface area contributed by atoms with Gasteiger partial charge < -0.3 is 14.7 Å². The summed E-state index contributed by atoms with van der Waals surface area (Å²) < 4.78 is 56.1. The zero-order valence-electron chi connectivity index (χ0n) is 10.9. The van der Waals surface area contributed by atoms with Crippen LogP contribution in [0.25, 0.3) is 0 Å². The van der Waals surface area contributed by atoms with Gasteiger partial charge in [-0.3, -0.25) is 0 Å². The van der Waals surface area contributed by atoms with E-state index in [9.17, 15) is 27.5 Å². The summed E-state index contributed by atoms with van der Waals surface area (Å²) in [5, 5.41) is 9.33. The third-order valence-electron chi connectivity index (χ3n) is 2.80. The molecule has 1 fully saturated rings. The van der Waals surface area contributed by atoms with E-state index in [2.05, 4.69) is 0 Å². The molecule has 0 aromatic carbocycles. The Morgan fingerprint density at radius 2 is 1.89 bits per heavy atom. The Hall–Kier alpha value is -1.05. The van der Waals surface area contributed by atoms with Crippen molar-refractivity contribution in [2.75, 3.05) is 13.1 Å². The Kier molecular flexibility index (Phi) is 4.05. The Balaban J connectivity index is 2.72. The molecular formula is C11H17F4NO3. The SMILES string of the molecule is CC(C)(C)OC(=O)N1CCC(O)(C(F)(F)F)C(F)C1. The highest BCUT2D eigenvalue weighted by Gasteiger charge is 2.61. The number of rotatable bonds is 0. The molecule has 19 heavy (non-hydrogen) atoms. The predicted octanol–water partition coefficient (Wildman–Crippen LogP) is 2.26. The van der Waals surface area contributed by atoms with Crippen LogP contribution in [0.15, 0.2) is 0 Å². The van der Waals surface area contributed by atoms with Crippen molar-refractivity contribution in [1.29, 1.82) is 0 Å². The maximum Gasteiger partial charge on any atom is 0.420 e. The average molecular weight is 287 g/mol. The fourth-order valence-electron chi connectivity index (χ4n) is 1.71. The molecule has 1 N–H and O–H groups in total. The number of piperidine rings is 1. The first-order valence-electron chi connectivity index (χ1n) is 5.78. The van der Waals surface area contributed by atoms with Crippen LogP contribution >= 0.6 is 0 Å². The summed E-state index contributed by atoms with van der Waals surface area (Å²) >= 11 is 0. The number of hydrogen-bond acceptors (Lipinski definition) is 3. The van der Waals surface area contributed by atoms with Crippen LogP contribution in [0.1, 0.15) is 27.2 Å². The van der Waals surface area contributed by atoms with Crippen molar-refractivity contribution < 1.29 is 32.2 Å². The van der Waals surface area contributed by atoms with Crippen LogP contribution in [0.4, 0.5) is 22.4 Å². The highest BCUT2D eigenvalue weighted by Crippen LogP contribution is 2.40. The second-order valence-electron chi connectivity index (χ2n) is 5.57. The van der Waals surface area contributed by atoms with Crippen molar-refractivity contribution in [1.82, 2.24) is 4.90 Å². The number of carbonyl (C=O) groups is 1. The molecule has 0 radical (unpaired) electrons. The molecule has 0 aliphatic carbocycles. The minimum absolute atomic E-state index is 0.411. The molecule has 0 aromatic rings. The van der Waals surface area contributed by atoms with Gasteiger partial charge in [0.05, 0.1) is 6.54 Å². The molecule has 0 aromatic heterocycles. The zero-order valence-corrected chi connectivity index (χ0v) is 10.9. The van der Waals surface area contributed by atoms with Crippen LogP contribution in [0.3, 0.4) is 0 Å². The number of aliphatic hydroxyl groups is 1. The number of likely N-dealkylation sites (tertiary alicyclic amines) is 1. The van der Waals surface area contributed by atoms with E-state index in [1.807, 2.05) is 0 Å². The fourth-order valence-corrected chi connectivity index (χ4v) is 1.71. The lowest BCUT2D eigenvalue weighted by Gasteiger charge is -2.41. The number of carbonyl (C=O) groups excluding carboxylic acids is 1. The number of halogens is 4. The van der Waals surface area contributed by atoms with Gasteiger partial charge in [-0.05, 0) is 20.8 Å². The van der Waals surface area contributed by atoms with Gasteiger partial charge in [-0.15, -0.1) is 0 Å². The van der Waals surface area contributed by atoms with E-state index in [0.717, 1.165) is 4.90 Å². The van der Waals surface area contributed by atoms with Crippen LogP contribution in [-0.4, -0.2) is 52.7 Å². The predicted molar refractivity (Wildman–Crippen MR) is 58.3 cm³/mol. The van der Waals surface area contributed by atoms with E-state index < -0.39 is 49.2 Å². The van der Waals surface area contributed by atoms with Crippen molar-refractivity contribution in [3.63, 3.8) is 0 Å². The largest absolute Gasteiger partial charge is 0.444 e. The zero-order chi connectivity index (χ0) is 15.1. The monoisotopic (exact) mass is 287 g/mol. The van der Waals surface area contributed by atoms with E-state index in [0.29, 0.717) is 0 Å². The quantitative estimate of drug-likeness (QED) is 0.695. The molecule has 0 saturated carbocycles. The molecule has 8 heteroatoms. The molecule has 1 rings (SSSR count). The molecule has 1 amide bonds. The summed E-state index contributed by atoms with van der Waals surface area (Å²) in [5.74, 6) is 0. The smallest absolute Gasteiger partial charge is 0.420 e. The van der Waals surface area contributed by atoms with Crippen LogP contribution in [0.5, 0.6) is 0 Å². The van der Waals surface area contributed by atoms with Crippen LogP contribution in [0.2, 0.25) is 0 Å². The normalized spacial score (nSPS) is 29.3.